The van der Waals surface area contributed by atoms with E-state index in [1.165, 1.54) is 0 Å². The fourth-order valence-electron chi connectivity index (χ4n) is 3.97. The van der Waals surface area contributed by atoms with Gasteiger partial charge in [0, 0.05) is 10.8 Å². The maximum atomic E-state index is 10.5. The summed E-state index contributed by atoms with van der Waals surface area (Å²) in [5.74, 6) is 0.119. The third kappa shape index (κ3) is 1.15. The molecule has 5 aromatic carbocycles. The van der Waals surface area contributed by atoms with Crippen LogP contribution in [0.25, 0.3) is 54.3 Å². The fourth-order valence-corrected chi connectivity index (χ4v) is 3.97. The second kappa shape index (κ2) is 3.41. The molecular formula is C20H10O3. The molecule has 0 aliphatic heterocycles. The van der Waals surface area contributed by atoms with Crippen LogP contribution >= 0.6 is 0 Å². The van der Waals surface area contributed by atoms with Crippen LogP contribution in [-0.4, -0.2) is 10.2 Å². The number of fused-ring (bicyclic) bond motifs is 5. The third-order valence-electron chi connectivity index (χ3n) is 4.93. The molecule has 0 saturated carbocycles. The second-order valence-electron chi connectivity index (χ2n) is 6.08. The summed E-state index contributed by atoms with van der Waals surface area (Å²) in [4.78, 5) is 0. The highest BCUT2D eigenvalue weighted by Crippen LogP contribution is 2.53. The molecule has 0 atom stereocenters. The van der Waals surface area contributed by atoms with Crippen molar-refractivity contribution in [2.75, 3.05) is 0 Å². The Balaban J connectivity index is 2.17. The molecule has 0 aliphatic rings. The van der Waals surface area contributed by atoms with Gasteiger partial charge in [0.1, 0.15) is 5.75 Å². The van der Waals surface area contributed by atoms with Gasteiger partial charge in [-0.2, -0.15) is 0 Å². The first kappa shape index (κ1) is 11.4. The topological polar surface area (TPSA) is 53.6 Å². The van der Waals surface area contributed by atoms with Crippen molar-refractivity contribution in [1.82, 2.24) is 0 Å². The van der Waals surface area contributed by atoms with Crippen LogP contribution in [0, 0.1) is 0 Å². The molecule has 0 aliphatic carbocycles. The molecule has 23 heavy (non-hydrogen) atoms. The summed E-state index contributed by atoms with van der Waals surface area (Å²) >= 11 is 0. The van der Waals surface area contributed by atoms with E-state index in [4.69, 9.17) is 4.42 Å². The summed E-state index contributed by atoms with van der Waals surface area (Å²) in [5.41, 5.74) is 1.21. The van der Waals surface area contributed by atoms with Crippen molar-refractivity contribution in [2.24, 2.45) is 0 Å². The summed E-state index contributed by atoms with van der Waals surface area (Å²) in [6, 6.07) is 16.0. The monoisotopic (exact) mass is 298 g/mol. The van der Waals surface area contributed by atoms with E-state index in [9.17, 15) is 10.2 Å². The number of phenolic OH excluding ortho intramolecular Hbond substituents is 2. The Morgan fingerprint density at radius 1 is 0.652 bits per heavy atom. The molecule has 0 saturated heterocycles. The lowest BCUT2D eigenvalue weighted by atomic mass is 9.89. The zero-order valence-electron chi connectivity index (χ0n) is 11.9. The molecule has 6 rings (SSSR count). The van der Waals surface area contributed by atoms with Crippen LogP contribution < -0.4 is 0 Å². The molecule has 0 fully saturated rings. The van der Waals surface area contributed by atoms with E-state index in [0.29, 0.717) is 11.0 Å². The van der Waals surface area contributed by atoms with E-state index in [0.717, 1.165) is 43.3 Å². The van der Waals surface area contributed by atoms with Crippen molar-refractivity contribution >= 4 is 54.3 Å². The molecule has 3 nitrogen and oxygen atoms in total. The summed E-state index contributed by atoms with van der Waals surface area (Å²) in [6.07, 6.45) is 0. The van der Waals surface area contributed by atoms with E-state index in [2.05, 4.69) is 18.2 Å². The Hall–Kier alpha value is -3.20. The van der Waals surface area contributed by atoms with E-state index >= 15 is 0 Å². The average Bonchev–Trinajstić information content (AvgIpc) is 3.35. The molecule has 0 spiro atoms. The lowest BCUT2D eigenvalue weighted by Crippen LogP contribution is -1.87. The number of hydrogen-bond donors (Lipinski definition) is 2. The smallest absolute Gasteiger partial charge is 0.213 e. The van der Waals surface area contributed by atoms with Gasteiger partial charge in [0.25, 0.3) is 0 Å². The van der Waals surface area contributed by atoms with Crippen molar-refractivity contribution in [1.29, 1.82) is 0 Å². The maximum absolute atomic E-state index is 10.5. The predicted octanol–water partition coefficient (Wildman–Crippen LogP) is 5.33. The van der Waals surface area contributed by atoms with Crippen LogP contribution in [0.2, 0.25) is 0 Å². The molecule has 0 radical (unpaired) electrons. The Kier molecular flexibility index (Phi) is 1.69. The lowest BCUT2D eigenvalue weighted by molar-refractivity contribution is 0.465. The minimum Gasteiger partial charge on any atom is -0.507 e. The number of phenols is 2. The van der Waals surface area contributed by atoms with Crippen molar-refractivity contribution in [3.8, 4) is 11.5 Å². The van der Waals surface area contributed by atoms with Crippen molar-refractivity contribution < 1.29 is 14.6 Å². The summed E-state index contributed by atoms with van der Waals surface area (Å²) in [5, 5.41) is 28.6. The van der Waals surface area contributed by atoms with Crippen LogP contribution in [0.15, 0.2) is 52.9 Å². The molecule has 1 heterocycles. The molecule has 0 unspecified atom stereocenters. The Morgan fingerprint density at radius 3 is 2.26 bits per heavy atom. The van der Waals surface area contributed by atoms with Crippen LogP contribution in [0.3, 0.4) is 0 Å². The van der Waals surface area contributed by atoms with E-state index in [1.54, 1.807) is 6.07 Å². The Morgan fingerprint density at radius 2 is 1.39 bits per heavy atom. The van der Waals surface area contributed by atoms with Crippen molar-refractivity contribution in [3.63, 3.8) is 0 Å². The quantitative estimate of drug-likeness (QED) is 0.294. The number of rotatable bonds is 0. The second-order valence-corrected chi connectivity index (χ2v) is 6.08. The summed E-state index contributed by atoms with van der Waals surface area (Å²) in [6.45, 7) is 0. The minimum absolute atomic E-state index is 0.0346. The van der Waals surface area contributed by atoms with Gasteiger partial charge in [0.15, 0.2) is 11.3 Å². The largest absolute Gasteiger partial charge is 0.507 e. The molecule has 6 aromatic rings. The first-order valence-electron chi connectivity index (χ1n) is 7.50. The van der Waals surface area contributed by atoms with E-state index in [-0.39, 0.29) is 11.5 Å². The highest BCUT2D eigenvalue weighted by atomic mass is 16.4. The van der Waals surface area contributed by atoms with Crippen molar-refractivity contribution in [3.05, 3.63) is 48.5 Å². The van der Waals surface area contributed by atoms with Crippen LogP contribution in [0.1, 0.15) is 0 Å². The van der Waals surface area contributed by atoms with Crippen LogP contribution in [-0.2, 0) is 0 Å². The molecule has 1 aromatic heterocycles. The first-order chi connectivity index (χ1) is 11.3. The molecular weight excluding hydrogens is 288 g/mol. The fraction of sp³-hybridized carbons (Fsp3) is 0. The predicted molar refractivity (Wildman–Crippen MR) is 91.9 cm³/mol. The van der Waals surface area contributed by atoms with Gasteiger partial charge < -0.3 is 14.6 Å². The van der Waals surface area contributed by atoms with Gasteiger partial charge in [-0.25, -0.2) is 0 Å². The standard InChI is InChI=1S/C20H10O3/c21-13-8-9-4-3-7-11-10-5-1-2-6-12(10)15-17(14(9)11)16(13)18(22)20-19(15)23-20/h1-8,21-22H. The molecule has 2 N–H and O–H groups in total. The molecule has 108 valence electrons. The van der Waals surface area contributed by atoms with E-state index < -0.39 is 0 Å². The van der Waals surface area contributed by atoms with Gasteiger partial charge in [0.05, 0.1) is 5.39 Å². The highest BCUT2D eigenvalue weighted by Gasteiger charge is 2.27. The Bertz CT molecular complexity index is 1340. The normalized spacial score (nSPS) is 12.7. The third-order valence-corrected chi connectivity index (χ3v) is 4.93. The molecule has 3 heteroatoms. The van der Waals surface area contributed by atoms with Gasteiger partial charge in [-0.15, -0.1) is 0 Å². The Labute approximate surface area is 129 Å². The van der Waals surface area contributed by atoms with Gasteiger partial charge in [-0.05, 0) is 33.0 Å². The summed E-state index contributed by atoms with van der Waals surface area (Å²) < 4.78 is 5.56. The molecule has 0 amide bonds. The van der Waals surface area contributed by atoms with Gasteiger partial charge in [-0.1, -0.05) is 42.5 Å². The summed E-state index contributed by atoms with van der Waals surface area (Å²) in [7, 11) is 0. The minimum atomic E-state index is 0.0346. The number of benzene rings is 5. The maximum Gasteiger partial charge on any atom is 0.213 e. The number of aromatic hydroxyl groups is 2. The average molecular weight is 298 g/mol. The highest BCUT2D eigenvalue weighted by molar-refractivity contribution is 6.40. The zero-order chi connectivity index (χ0) is 15.3. The van der Waals surface area contributed by atoms with Crippen LogP contribution in [0.4, 0.5) is 0 Å². The zero-order valence-corrected chi connectivity index (χ0v) is 11.9. The molecule has 0 bridgehead atoms. The number of hydrogen-bond acceptors (Lipinski definition) is 3. The van der Waals surface area contributed by atoms with Crippen molar-refractivity contribution in [2.45, 2.75) is 0 Å². The van der Waals surface area contributed by atoms with E-state index in [1.807, 2.05) is 24.3 Å². The van der Waals surface area contributed by atoms with Gasteiger partial charge >= 0.3 is 0 Å². The van der Waals surface area contributed by atoms with Gasteiger partial charge in [-0.3, -0.25) is 0 Å². The first-order valence-corrected chi connectivity index (χ1v) is 7.50. The SMILES string of the molecule is Oc1cc2cccc3c4ccccc4c4c5oc5c(O)c1c4c23. The lowest BCUT2D eigenvalue weighted by Gasteiger charge is -2.14. The van der Waals surface area contributed by atoms with Crippen LogP contribution in [0.5, 0.6) is 11.5 Å². The van der Waals surface area contributed by atoms with Gasteiger partial charge in [0.2, 0.25) is 5.58 Å².